The molecule has 1 aliphatic heterocycles. The molecule has 0 bridgehead atoms. The zero-order valence-electron chi connectivity index (χ0n) is 18.4. The second-order valence-corrected chi connectivity index (χ2v) is 8.28. The number of amides is 1. The highest BCUT2D eigenvalue weighted by molar-refractivity contribution is 7.10. The van der Waals surface area contributed by atoms with Crippen LogP contribution in [0, 0.1) is 0 Å². The van der Waals surface area contributed by atoms with Crippen molar-refractivity contribution in [1.82, 2.24) is 5.01 Å². The summed E-state index contributed by atoms with van der Waals surface area (Å²) < 4.78 is 16.7. The minimum absolute atomic E-state index is 0.203. The van der Waals surface area contributed by atoms with E-state index in [1.54, 1.807) is 36.6 Å². The molecule has 8 heteroatoms. The molecule has 0 spiro atoms. The molecule has 1 aromatic heterocycles. The molecule has 2 aromatic carbocycles. The number of thiophene rings is 1. The summed E-state index contributed by atoms with van der Waals surface area (Å²) in [6.07, 6.45) is 1.33. The number of rotatable bonds is 9. The van der Waals surface area contributed by atoms with Gasteiger partial charge in [-0.1, -0.05) is 18.2 Å². The van der Waals surface area contributed by atoms with E-state index in [2.05, 4.69) is 5.10 Å². The first kappa shape index (κ1) is 22.5. The molecule has 0 radical (unpaired) electrons. The van der Waals surface area contributed by atoms with E-state index in [4.69, 9.17) is 14.2 Å². The van der Waals surface area contributed by atoms with Gasteiger partial charge in [-0.05, 0) is 48.7 Å². The molecule has 170 valence electrons. The van der Waals surface area contributed by atoms with Crippen molar-refractivity contribution in [2.45, 2.75) is 19.4 Å². The van der Waals surface area contributed by atoms with Crippen molar-refractivity contribution >= 4 is 29.2 Å². The number of hydrazone groups is 1. The Balaban J connectivity index is 1.56. The molecule has 0 aliphatic carbocycles. The van der Waals surface area contributed by atoms with E-state index in [-0.39, 0.29) is 18.6 Å². The second kappa shape index (κ2) is 10.3. The number of carbonyl (C=O) groups excluding carboxylic acids is 2. The van der Waals surface area contributed by atoms with Gasteiger partial charge in [0.25, 0.3) is 5.91 Å². The van der Waals surface area contributed by atoms with Crippen LogP contribution in [0.15, 0.2) is 65.1 Å². The van der Waals surface area contributed by atoms with Crippen LogP contribution in [-0.2, 0) is 4.79 Å². The Bertz CT molecular complexity index is 1160. The fourth-order valence-corrected chi connectivity index (χ4v) is 4.42. The molecule has 0 saturated heterocycles. The Labute approximate surface area is 196 Å². The fraction of sp³-hybridized carbons (Fsp3) is 0.240. The van der Waals surface area contributed by atoms with Gasteiger partial charge in [0, 0.05) is 22.4 Å². The van der Waals surface area contributed by atoms with Gasteiger partial charge in [-0.15, -0.1) is 11.3 Å². The van der Waals surface area contributed by atoms with E-state index in [9.17, 15) is 9.59 Å². The van der Waals surface area contributed by atoms with E-state index >= 15 is 0 Å². The molecule has 0 fully saturated rings. The summed E-state index contributed by atoms with van der Waals surface area (Å²) in [4.78, 5) is 25.3. The molecule has 4 rings (SSSR count). The summed E-state index contributed by atoms with van der Waals surface area (Å²) in [5.41, 5.74) is 2.20. The summed E-state index contributed by atoms with van der Waals surface area (Å²) in [6.45, 7) is 2.04. The maximum absolute atomic E-state index is 13.2. The van der Waals surface area contributed by atoms with Crippen LogP contribution < -0.4 is 14.2 Å². The van der Waals surface area contributed by atoms with Gasteiger partial charge in [-0.3, -0.25) is 9.59 Å². The van der Waals surface area contributed by atoms with Crippen molar-refractivity contribution in [1.29, 1.82) is 0 Å². The molecule has 0 N–H and O–H groups in total. The zero-order chi connectivity index (χ0) is 23.2. The number of ether oxygens (including phenoxy) is 3. The van der Waals surface area contributed by atoms with Crippen LogP contribution in [0.2, 0.25) is 0 Å². The maximum atomic E-state index is 13.2. The first-order valence-electron chi connectivity index (χ1n) is 10.5. The predicted octanol–water partition coefficient (Wildman–Crippen LogP) is 4.72. The van der Waals surface area contributed by atoms with E-state index in [0.29, 0.717) is 30.1 Å². The van der Waals surface area contributed by atoms with Gasteiger partial charge in [-0.25, -0.2) is 5.01 Å². The summed E-state index contributed by atoms with van der Waals surface area (Å²) in [6, 6.07) is 16.3. The monoisotopic (exact) mass is 464 g/mol. The minimum Gasteiger partial charge on any atom is -0.497 e. The molecule has 7 nitrogen and oxygen atoms in total. The van der Waals surface area contributed by atoms with Gasteiger partial charge in [0.15, 0.2) is 18.1 Å². The molecule has 0 saturated carbocycles. The standard InChI is InChI=1S/C25H24N2O5S/c1-3-31-23-12-17(15-28)9-10-22(23)32-16-25(29)27-21(24-8-5-11-33-24)14-20(26-27)18-6-4-7-19(13-18)30-2/h4-13,15,21H,3,14,16H2,1-2H3. The Hall–Kier alpha value is -3.65. The fourth-order valence-electron chi connectivity index (χ4n) is 3.61. The molecule has 1 unspecified atom stereocenters. The topological polar surface area (TPSA) is 77.4 Å². The number of benzene rings is 2. The molecule has 33 heavy (non-hydrogen) atoms. The molecule has 1 amide bonds. The quantitative estimate of drug-likeness (QED) is 0.428. The first-order chi connectivity index (χ1) is 16.1. The van der Waals surface area contributed by atoms with Gasteiger partial charge in [-0.2, -0.15) is 5.10 Å². The average molecular weight is 465 g/mol. The van der Waals surface area contributed by atoms with Gasteiger partial charge in [0.05, 0.1) is 25.5 Å². The summed E-state index contributed by atoms with van der Waals surface area (Å²) in [7, 11) is 1.62. The van der Waals surface area contributed by atoms with Crippen molar-refractivity contribution in [3.05, 3.63) is 76.0 Å². The Morgan fingerprint density at radius 2 is 2.03 bits per heavy atom. The number of hydrogen-bond acceptors (Lipinski definition) is 7. The van der Waals surface area contributed by atoms with Gasteiger partial charge in [0.1, 0.15) is 12.0 Å². The largest absolute Gasteiger partial charge is 0.497 e. The van der Waals surface area contributed by atoms with Crippen LogP contribution in [0.1, 0.15) is 40.2 Å². The van der Waals surface area contributed by atoms with Crippen molar-refractivity contribution in [2.75, 3.05) is 20.3 Å². The maximum Gasteiger partial charge on any atom is 0.281 e. The Morgan fingerprint density at radius 1 is 1.15 bits per heavy atom. The van der Waals surface area contributed by atoms with E-state index in [1.807, 2.05) is 48.7 Å². The van der Waals surface area contributed by atoms with E-state index in [0.717, 1.165) is 28.2 Å². The molecular weight excluding hydrogens is 440 g/mol. The predicted molar refractivity (Wildman–Crippen MR) is 127 cm³/mol. The van der Waals surface area contributed by atoms with Crippen molar-refractivity contribution in [3.63, 3.8) is 0 Å². The Morgan fingerprint density at radius 3 is 2.76 bits per heavy atom. The van der Waals surface area contributed by atoms with Crippen LogP contribution in [-0.4, -0.2) is 43.2 Å². The third-order valence-electron chi connectivity index (χ3n) is 5.20. The van der Waals surface area contributed by atoms with E-state index in [1.165, 1.54) is 5.01 Å². The number of carbonyl (C=O) groups is 2. The molecule has 3 aromatic rings. The number of aldehydes is 1. The summed E-state index contributed by atoms with van der Waals surface area (Å²) in [5.74, 6) is 1.29. The summed E-state index contributed by atoms with van der Waals surface area (Å²) in [5, 5.41) is 8.15. The minimum atomic E-state index is -0.270. The van der Waals surface area contributed by atoms with Gasteiger partial charge >= 0.3 is 0 Å². The first-order valence-corrected chi connectivity index (χ1v) is 11.4. The molecule has 1 aliphatic rings. The third kappa shape index (κ3) is 5.06. The van der Waals surface area contributed by atoms with Gasteiger partial charge < -0.3 is 14.2 Å². The lowest BCUT2D eigenvalue weighted by atomic mass is 10.0. The lowest BCUT2D eigenvalue weighted by Gasteiger charge is -2.21. The molecule has 2 heterocycles. The second-order valence-electron chi connectivity index (χ2n) is 7.30. The molecular formula is C25H24N2O5S. The van der Waals surface area contributed by atoms with Crippen molar-refractivity contribution in [2.24, 2.45) is 5.10 Å². The van der Waals surface area contributed by atoms with Crippen LogP contribution in [0.5, 0.6) is 17.2 Å². The third-order valence-corrected chi connectivity index (χ3v) is 6.17. The highest BCUT2D eigenvalue weighted by Gasteiger charge is 2.34. The smallest absolute Gasteiger partial charge is 0.281 e. The SMILES string of the molecule is CCOc1cc(C=O)ccc1OCC(=O)N1N=C(c2cccc(OC)c2)CC1c1cccs1. The zero-order valence-corrected chi connectivity index (χ0v) is 19.2. The number of methoxy groups -OCH3 is 1. The van der Waals surface area contributed by atoms with Gasteiger partial charge in [0.2, 0.25) is 0 Å². The average Bonchev–Trinajstić information content (AvgIpc) is 3.53. The van der Waals surface area contributed by atoms with Crippen molar-refractivity contribution < 1.29 is 23.8 Å². The van der Waals surface area contributed by atoms with E-state index < -0.39 is 0 Å². The summed E-state index contributed by atoms with van der Waals surface area (Å²) >= 11 is 1.59. The highest BCUT2D eigenvalue weighted by Crippen LogP contribution is 2.36. The normalized spacial score (nSPS) is 15.2. The number of nitrogens with zero attached hydrogens (tertiary/aromatic N) is 2. The van der Waals surface area contributed by atoms with Crippen LogP contribution in [0.4, 0.5) is 0 Å². The number of hydrogen-bond donors (Lipinski definition) is 0. The lowest BCUT2D eigenvalue weighted by molar-refractivity contribution is -0.135. The molecule has 1 atom stereocenters. The van der Waals surface area contributed by atoms with Crippen molar-refractivity contribution in [3.8, 4) is 17.2 Å². The highest BCUT2D eigenvalue weighted by atomic mass is 32.1. The lowest BCUT2D eigenvalue weighted by Crippen LogP contribution is -2.31. The van der Waals surface area contributed by atoms with Crippen LogP contribution in [0.25, 0.3) is 0 Å². The van der Waals surface area contributed by atoms with Crippen LogP contribution in [0.3, 0.4) is 0 Å². The van der Waals surface area contributed by atoms with Crippen LogP contribution >= 0.6 is 11.3 Å². The Kier molecular flexibility index (Phi) is 7.04.